The van der Waals surface area contributed by atoms with Crippen LogP contribution in [0.1, 0.15) is 99.8 Å². The molecule has 22 N–H and O–H groups in total. The maximum Gasteiger partial charge on any atom is 0.241 e. The summed E-state index contributed by atoms with van der Waals surface area (Å²) in [6.45, 7) is 2.12. The second-order valence-corrected chi connectivity index (χ2v) is 22.3. The summed E-state index contributed by atoms with van der Waals surface area (Å²) in [7, 11) is 0. The lowest BCUT2D eigenvalue weighted by atomic mass is 10.0. The van der Waals surface area contributed by atoms with Crippen LogP contribution in [-0.4, -0.2) is 93.9 Å². The van der Waals surface area contributed by atoms with Crippen molar-refractivity contribution < 1.29 is 19.2 Å². The Morgan fingerprint density at radius 2 is 0.523 bits per heavy atom. The van der Waals surface area contributed by atoms with E-state index in [0.29, 0.717) is 97.4 Å². The number of aromatic amines is 2. The summed E-state index contributed by atoms with van der Waals surface area (Å²) in [5.74, 6) is -1.13. The van der Waals surface area contributed by atoms with Crippen molar-refractivity contribution in [3.8, 4) is 44.5 Å². The van der Waals surface area contributed by atoms with Crippen molar-refractivity contribution >= 4 is 92.7 Å². The van der Waals surface area contributed by atoms with Gasteiger partial charge in [-0.1, -0.05) is 74.2 Å². The molecule has 0 spiro atoms. The van der Waals surface area contributed by atoms with E-state index in [-0.39, 0.29) is 23.6 Å². The minimum Gasteiger partial charge on any atom is -0.354 e. The van der Waals surface area contributed by atoms with Crippen LogP contribution in [0.5, 0.6) is 0 Å². The highest BCUT2D eigenvalue weighted by atomic mass is 16.2. The minimum atomic E-state index is -0.689. The van der Waals surface area contributed by atoms with Crippen molar-refractivity contribution in [3.63, 3.8) is 0 Å². The monoisotopic (exact) mass is 1190 g/mol. The van der Waals surface area contributed by atoms with Gasteiger partial charge in [0.05, 0.1) is 46.9 Å². The predicted molar refractivity (Wildman–Crippen MR) is 359 cm³/mol. The number of fused-ring (bicyclic) bond motifs is 8. The number of unbranched alkanes of at least 4 members (excludes halogenated alkanes) is 4. The predicted octanol–water partition coefficient (Wildman–Crippen LogP) is 8.90. The topological polar surface area (TPSA) is 382 Å². The van der Waals surface area contributed by atoms with Gasteiger partial charge in [-0.2, -0.15) is 0 Å². The third kappa shape index (κ3) is 16.0. The van der Waals surface area contributed by atoms with E-state index in [1.807, 2.05) is 146 Å². The number of carbonyl (C=O) groups excluding carboxylic acids is 4. The number of hydrogen-bond acceptors (Lipinski definition) is 14. The van der Waals surface area contributed by atoms with Gasteiger partial charge >= 0.3 is 0 Å². The van der Waals surface area contributed by atoms with Gasteiger partial charge in [-0.05, 0) is 197 Å². The normalized spacial score (nSPS) is 13.2. The average Bonchev–Trinajstić information content (AvgIpc) is 4.59. The molecule has 4 atom stereocenters. The zero-order chi connectivity index (χ0) is 62.1. The Balaban J connectivity index is 1.23. The Morgan fingerprint density at radius 3 is 0.716 bits per heavy atom. The Hall–Kier alpha value is -8.96. The minimum absolute atomic E-state index is 0.282. The molecule has 88 heavy (non-hydrogen) atoms. The van der Waals surface area contributed by atoms with Gasteiger partial charge in [0.15, 0.2) is 0 Å². The molecule has 2 aliphatic rings. The first-order valence-corrected chi connectivity index (χ1v) is 30.4. The molecule has 458 valence electrons. The van der Waals surface area contributed by atoms with Gasteiger partial charge in [0, 0.05) is 67.1 Å². The number of amides is 4. The van der Waals surface area contributed by atoms with Gasteiger partial charge < -0.3 is 77.1 Å². The number of nitrogens with zero attached hydrogens (tertiary/aromatic N) is 2. The molecule has 3 aromatic heterocycles. The summed E-state index contributed by atoms with van der Waals surface area (Å²) in [6, 6.07) is 35.7. The maximum atomic E-state index is 13.2. The van der Waals surface area contributed by atoms with Crippen LogP contribution in [0.4, 0.5) is 22.7 Å². The van der Waals surface area contributed by atoms with E-state index in [0.717, 1.165) is 118 Å². The van der Waals surface area contributed by atoms with Crippen molar-refractivity contribution in [1.29, 1.82) is 0 Å². The molecular weight excluding hydrogens is 1100 g/mol. The fourth-order valence-electron chi connectivity index (χ4n) is 10.8. The summed E-state index contributed by atoms with van der Waals surface area (Å²) in [4.78, 5) is 71.4. The average molecular weight is 1190 g/mol. The fourth-order valence-corrected chi connectivity index (χ4v) is 10.8. The highest BCUT2D eigenvalue weighted by Crippen LogP contribution is 2.39. The molecule has 5 heterocycles. The van der Waals surface area contributed by atoms with E-state index >= 15 is 0 Å². The summed E-state index contributed by atoms with van der Waals surface area (Å²) < 4.78 is 0. The van der Waals surface area contributed by atoms with E-state index in [1.54, 1.807) is 0 Å². The third-order valence-corrected chi connectivity index (χ3v) is 15.7. The number of nitrogens with one attached hydrogen (secondary N) is 6. The molecule has 0 saturated carbocycles. The fraction of sp³-hybridized carbons (Fsp3) is 0.294. The summed E-state index contributed by atoms with van der Waals surface area (Å²) in [5, 5.41) is 11.9. The molecule has 4 aromatic carbocycles. The van der Waals surface area contributed by atoms with Gasteiger partial charge in [-0.25, -0.2) is 9.97 Å². The summed E-state index contributed by atoms with van der Waals surface area (Å²) in [5.41, 5.74) is 62.2. The first kappa shape index (κ1) is 63.5. The molecule has 2 aliphatic heterocycles. The highest BCUT2D eigenvalue weighted by Gasteiger charge is 2.22. The lowest BCUT2D eigenvalue weighted by Crippen LogP contribution is -2.35. The molecule has 8 bridgehead atoms. The van der Waals surface area contributed by atoms with E-state index in [9.17, 15) is 19.2 Å². The Morgan fingerprint density at radius 1 is 0.318 bits per heavy atom. The van der Waals surface area contributed by atoms with E-state index in [2.05, 4.69) is 31.2 Å². The van der Waals surface area contributed by atoms with Gasteiger partial charge in [0.25, 0.3) is 0 Å². The van der Waals surface area contributed by atoms with Crippen LogP contribution < -0.4 is 67.1 Å². The third-order valence-electron chi connectivity index (χ3n) is 15.7. The SMILES string of the molecule is NCCCC[C@H](N)C(=O)Nc1ccc(-c2c3nc(c(-c4ccc(NC(=O)[C@@H](N)CCCCN)cc4)c4ccc([nH]4)c(-c4ccc(NC(=O)[C@@H](N)CCCCN)cc4)c4nc(c(-c5ccc(NC(=O)[C@@H](N)CCCCN)cc5)c5ccc2[nH]5)C=C4)C=C3)cc1. The van der Waals surface area contributed by atoms with Crippen LogP contribution in [0.25, 0.3) is 90.9 Å². The number of H-pyrrole nitrogens is 2. The van der Waals surface area contributed by atoms with Crippen molar-refractivity contribution in [2.24, 2.45) is 45.9 Å². The molecular formula is C68H82N16O4. The first-order chi connectivity index (χ1) is 42.7. The van der Waals surface area contributed by atoms with Crippen LogP contribution in [0.2, 0.25) is 0 Å². The molecule has 0 radical (unpaired) electrons. The number of anilines is 4. The van der Waals surface area contributed by atoms with E-state index in [1.165, 1.54) is 0 Å². The Labute approximate surface area is 512 Å². The molecule has 4 amide bonds. The molecule has 0 fully saturated rings. The summed E-state index contributed by atoms with van der Waals surface area (Å²) in [6.07, 6.45) is 16.1. The molecule has 0 aliphatic carbocycles. The standard InChI is InChI=1S/C68H82N16O4/c69-37-5-1-9-49(73)65(85)77-45-21-13-41(14-22-45)61-53-29-31-55(81-53)62(42-15-23-46(24-16-42)78-66(86)50(74)10-2-6-38-70)57-33-35-59(83-57)64(44-19-27-48(28-20-44)80-68(88)52(76)12-4-8-40-72)60-36-34-58(84-60)63(56-32-30-54(61)82-56)43-17-25-47(26-18-43)79-67(87)51(75)11-3-7-39-71/h13-36,49-52,81,84H,1-12,37-40,69-76H2,(H,77,85)(H,78,86)(H,79,87)(H,80,88)/t49-,50-,51-,52-/m0/s1. The van der Waals surface area contributed by atoms with Crippen molar-refractivity contribution in [2.45, 2.75) is 101 Å². The Bertz CT molecular complexity index is 3310. The zero-order valence-electron chi connectivity index (χ0n) is 49.6. The first-order valence-electron chi connectivity index (χ1n) is 30.4. The van der Waals surface area contributed by atoms with Crippen molar-refractivity contribution in [2.75, 3.05) is 47.4 Å². The number of carbonyl (C=O) groups is 4. The molecule has 0 unspecified atom stereocenters. The zero-order valence-corrected chi connectivity index (χ0v) is 49.6. The number of rotatable bonds is 28. The maximum absolute atomic E-state index is 13.2. The number of hydrogen-bond donors (Lipinski definition) is 14. The van der Waals surface area contributed by atoms with E-state index in [4.69, 9.17) is 55.8 Å². The van der Waals surface area contributed by atoms with Gasteiger partial charge in [0.1, 0.15) is 0 Å². The van der Waals surface area contributed by atoms with Gasteiger partial charge in [0.2, 0.25) is 23.6 Å². The quantitative estimate of drug-likeness (QED) is 0.0204. The summed E-state index contributed by atoms with van der Waals surface area (Å²) >= 11 is 0. The van der Waals surface area contributed by atoms with Crippen LogP contribution in [0.3, 0.4) is 0 Å². The molecule has 9 rings (SSSR count). The molecule has 20 nitrogen and oxygen atoms in total. The van der Waals surface area contributed by atoms with Gasteiger partial charge in [-0.3, -0.25) is 19.2 Å². The Kier molecular flexibility index (Phi) is 22.1. The van der Waals surface area contributed by atoms with Crippen LogP contribution in [-0.2, 0) is 19.2 Å². The second-order valence-electron chi connectivity index (χ2n) is 22.3. The van der Waals surface area contributed by atoms with Gasteiger partial charge in [-0.15, -0.1) is 0 Å². The van der Waals surface area contributed by atoms with Crippen molar-refractivity contribution in [1.82, 2.24) is 19.9 Å². The van der Waals surface area contributed by atoms with Crippen LogP contribution in [0.15, 0.2) is 121 Å². The highest BCUT2D eigenvalue weighted by molar-refractivity contribution is 6.02. The van der Waals surface area contributed by atoms with Crippen LogP contribution >= 0.6 is 0 Å². The number of nitrogens with two attached hydrogens (primary N) is 8. The molecule has 20 heteroatoms. The largest absolute Gasteiger partial charge is 0.354 e. The van der Waals surface area contributed by atoms with Crippen LogP contribution in [0, 0.1) is 0 Å². The van der Waals surface area contributed by atoms with Crippen molar-refractivity contribution in [3.05, 3.63) is 144 Å². The second kappa shape index (κ2) is 30.6. The molecule has 0 saturated heterocycles. The lowest BCUT2D eigenvalue weighted by Gasteiger charge is -2.13. The number of benzene rings is 4. The lowest BCUT2D eigenvalue weighted by molar-refractivity contribution is -0.118. The van der Waals surface area contributed by atoms with E-state index < -0.39 is 24.2 Å². The number of aromatic nitrogens is 4. The smallest absolute Gasteiger partial charge is 0.241 e. The molecule has 7 aromatic rings.